The maximum absolute atomic E-state index is 12.5. The minimum absolute atomic E-state index is 0.0731. The predicted molar refractivity (Wildman–Crippen MR) is 116 cm³/mol. The van der Waals surface area contributed by atoms with E-state index < -0.39 is 5.25 Å². The summed E-state index contributed by atoms with van der Waals surface area (Å²) >= 11 is 12.0. The van der Waals surface area contributed by atoms with Gasteiger partial charge in [-0.2, -0.15) is 5.10 Å². The van der Waals surface area contributed by atoms with Crippen LogP contribution in [0.4, 0.5) is 5.69 Å². The van der Waals surface area contributed by atoms with Gasteiger partial charge in [-0.1, -0.05) is 23.4 Å². The van der Waals surface area contributed by atoms with Gasteiger partial charge in [-0.15, -0.1) is 16.4 Å². The number of amidine groups is 1. The Balaban J connectivity index is 1.68. The third-order valence-corrected chi connectivity index (χ3v) is 6.55. The smallest absolute Gasteiger partial charge is 0.238 e. The lowest BCUT2D eigenvalue weighted by Gasteiger charge is -2.21. The van der Waals surface area contributed by atoms with E-state index in [4.69, 9.17) is 11.6 Å². The fourth-order valence-corrected chi connectivity index (χ4v) is 4.56. The Kier molecular flexibility index (Phi) is 6.69. The highest BCUT2D eigenvalue weighted by Crippen LogP contribution is 2.24. The van der Waals surface area contributed by atoms with Gasteiger partial charge in [0.25, 0.3) is 0 Å². The van der Waals surface area contributed by atoms with Crippen molar-refractivity contribution in [1.82, 2.24) is 5.32 Å². The van der Waals surface area contributed by atoms with Crippen LogP contribution < -0.4 is 10.6 Å². The molecule has 2 amide bonds. The molecule has 2 aromatic rings. The number of nitrogens with one attached hydrogen (secondary N) is 2. The highest BCUT2D eigenvalue weighted by atomic mass is 79.9. The summed E-state index contributed by atoms with van der Waals surface area (Å²) in [5.41, 5.74) is 1.34. The summed E-state index contributed by atoms with van der Waals surface area (Å²) in [6, 6.07) is 10.6. The van der Waals surface area contributed by atoms with Crippen LogP contribution in [0.3, 0.4) is 0 Å². The molecule has 2 heterocycles. The van der Waals surface area contributed by atoms with Crippen molar-refractivity contribution in [2.45, 2.75) is 18.6 Å². The van der Waals surface area contributed by atoms with Crippen molar-refractivity contribution >= 4 is 79.0 Å². The summed E-state index contributed by atoms with van der Waals surface area (Å²) < 4.78 is 0.999. The van der Waals surface area contributed by atoms with Crippen LogP contribution in [0.15, 0.2) is 50.4 Å². The van der Waals surface area contributed by atoms with Crippen LogP contribution in [0, 0.1) is 0 Å². The summed E-state index contributed by atoms with van der Waals surface area (Å²) in [7, 11) is 0. The average Bonchev–Trinajstić information content (AvgIpc) is 3.07. The summed E-state index contributed by atoms with van der Waals surface area (Å²) in [5, 5.41) is 14.0. The van der Waals surface area contributed by atoms with Crippen LogP contribution in [0.5, 0.6) is 0 Å². The van der Waals surface area contributed by atoms with E-state index in [1.54, 1.807) is 24.3 Å². The second-order valence-corrected chi connectivity index (χ2v) is 9.64. The molecule has 1 aliphatic rings. The van der Waals surface area contributed by atoms with Crippen molar-refractivity contribution in [3.63, 3.8) is 0 Å². The zero-order valence-electron chi connectivity index (χ0n) is 14.0. The van der Waals surface area contributed by atoms with Gasteiger partial charge in [-0.3, -0.25) is 9.59 Å². The van der Waals surface area contributed by atoms with E-state index in [0.29, 0.717) is 15.9 Å². The van der Waals surface area contributed by atoms with Gasteiger partial charge in [0.05, 0.1) is 14.4 Å². The minimum atomic E-state index is -0.584. The predicted octanol–water partition coefficient (Wildman–Crippen LogP) is 4.50. The van der Waals surface area contributed by atoms with E-state index in [-0.39, 0.29) is 18.2 Å². The van der Waals surface area contributed by atoms with E-state index in [2.05, 4.69) is 36.8 Å². The molecular formula is C17H14BrClN4O2S2. The number of carbonyl (C=O) groups excluding carboxylic acids is 2. The standard InChI is InChI=1S/C17H14BrClN4O2S2/c1-9(12-6-7-14(18)26-12)22-23-17-21-15(24)8-13(27-17)16(25)20-11-4-2-10(19)3-5-11/h2-7,13H,8H2,1H3,(H,20,25)(H,21,23,24)/t13-/m1/s1. The monoisotopic (exact) mass is 484 g/mol. The molecular weight excluding hydrogens is 472 g/mol. The summed E-state index contributed by atoms with van der Waals surface area (Å²) in [6.07, 6.45) is 0.0731. The number of carbonyl (C=O) groups is 2. The second-order valence-electron chi connectivity index (χ2n) is 5.55. The molecule has 1 saturated heterocycles. The van der Waals surface area contributed by atoms with Crippen LogP contribution in [-0.2, 0) is 9.59 Å². The van der Waals surface area contributed by atoms with E-state index in [1.165, 1.54) is 23.1 Å². The molecule has 0 spiro atoms. The Morgan fingerprint density at radius 1 is 1.30 bits per heavy atom. The van der Waals surface area contributed by atoms with Gasteiger partial charge < -0.3 is 10.6 Å². The fraction of sp³-hybridized carbons (Fsp3) is 0.176. The van der Waals surface area contributed by atoms with Gasteiger partial charge in [0.1, 0.15) is 5.25 Å². The number of thiophene rings is 1. The van der Waals surface area contributed by atoms with Gasteiger partial charge in [-0.05, 0) is 59.3 Å². The number of benzene rings is 1. The van der Waals surface area contributed by atoms with Crippen molar-refractivity contribution in [3.8, 4) is 0 Å². The third kappa shape index (κ3) is 5.65. The average molecular weight is 486 g/mol. The largest absolute Gasteiger partial charge is 0.325 e. The molecule has 0 aliphatic carbocycles. The molecule has 27 heavy (non-hydrogen) atoms. The quantitative estimate of drug-likeness (QED) is 0.494. The molecule has 1 atom stereocenters. The summed E-state index contributed by atoms with van der Waals surface area (Å²) in [5.74, 6) is -0.539. The molecule has 1 aliphatic heterocycles. The first kappa shape index (κ1) is 20.1. The Hall–Kier alpha value is -1.68. The minimum Gasteiger partial charge on any atom is -0.325 e. The van der Waals surface area contributed by atoms with E-state index >= 15 is 0 Å². The van der Waals surface area contributed by atoms with Crippen molar-refractivity contribution < 1.29 is 9.59 Å². The highest BCUT2D eigenvalue weighted by molar-refractivity contribution is 9.11. The van der Waals surface area contributed by atoms with Crippen molar-refractivity contribution in [3.05, 3.63) is 50.1 Å². The van der Waals surface area contributed by atoms with Crippen LogP contribution >= 0.6 is 50.6 Å². The van der Waals surface area contributed by atoms with Gasteiger partial charge in [0.15, 0.2) is 5.17 Å². The zero-order chi connectivity index (χ0) is 19.4. The van der Waals surface area contributed by atoms with Crippen LogP contribution in [-0.4, -0.2) is 27.9 Å². The number of hydrogen-bond acceptors (Lipinski definition) is 6. The SMILES string of the molecule is CC(=NN=C1NC(=O)C[C@H](C(=O)Nc2ccc(Cl)cc2)S1)c1ccc(Br)s1. The molecule has 1 aromatic carbocycles. The molecule has 10 heteroatoms. The first-order chi connectivity index (χ1) is 12.9. The first-order valence-corrected chi connectivity index (χ1v) is 10.7. The molecule has 6 nitrogen and oxygen atoms in total. The number of hydrogen-bond donors (Lipinski definition) is 2. The van der Waals surface area contributed by atoms with Crippen molar-refractivity contribution in [2.75, 3.05) is 5.32 Å². The lowest BCUT2D eigenvalue weighted by molar-refractivity contribution is -0.123. The third-order valence-electron chi connectivity index (χ3n) is 3.50. The first-order valence-electron chi connectivity index (χ1n) is 7.81. The molecule has 0 saturated carbocycles. The molecule has 3 rings (SSSR count). The van der Waals surface area contributed by atoms with Gasteiger partial charge >= 0.3 is 0 Å². The Bertz CT molecular complexity index is 927. The Labute approximate surface area is 177 Å². The lowest BCUT2D eigenvalue weighted by Crippen LogP contribution is -2.41. The topological polar surface area (TPSA) is 82.9 Å². The van der Waals surface area contributed by atoms with Gasteiger partial charge in [0, 0.05) is 17.1 Å². The zero-order valence-corrected chi connectivity index (χ0v) is 18.0. The maximum atomic E-state index is 12.5. The Morgan fingerprint density at radius 2 is 2.04 bits per heavy atom. The van der Waals surface area contributed by atoms with Crippen LogP contribution in [0.2, 0.25) is 5.02 Å². The molecule has 140 valence electrons. The van der Waals surface area contributed by atoms with Crippen LogP contribution in [0.25, 0.3) is 0 Å². The van der Waals surface area contributed by atoms with E-state index in [1.807, 2.05) is 19.1 Å². The summed E-state index contributed by atoms with van der Waals surface area (Å²) in [4.78, 5) is 25.4. The molecule has 2 N–H and O–H groups in total. The number of thioether (sulfide) groups is 1. The van der Waals surface area contributed by atoms with Crippen molar-refractivity contribution in [2.24, 2.45) is 10.2 Å². The summed E-state index contributed by atoms with van der Waals surface area (Å²) in [6.45, 7) is 1.84. The van der Waals surface area contributed by atoms with Crippen molar-refractivity contribution in [1.29, 1.82) is 0 Å². The highest BCUT2D eigenvalue weighted by Gasteiger charge is 2.30. The second kappa shape index (κ2) is 9.01. The van der Waals surface area contributed by atoms with E-state index in [9.17, 15) is 9.59 Å². The number of halogens is 2. The molecule has 0 radical (unpaired) electrons. The molecule has 1 aromatic heterocycles. The number of anilines is 1. The maximum Gasteiger partial charge on any atom is 0.238 e. The number of rotatable bonds is 4. The molecule has 0 unspecified atom stereocenters. The van der Waals surface area contributed by atoms with Gasteiger partial charge in [-0.25, -0.2) is 0 Å². The van der Waals surface area contributed by atoms with E-state index in [0.717, 1.165) is 14.4 Å². The molecule has 0 bridgehead atoms. The van der Waals surface area contributed by atoms with Crippen LogP contribution in [0.1, 0.15) is 18.2 Å². The number of nitrogens with zero attached hydrogens (tertiary/aromatic N) is 2. The molecule has 1 fully saturated rings. The van der Waals surface area contributed by atoms with Gasteiger partial charge in [0.2, 0.25) is 11.8 Å². The number of amides is 2. The normalized spacial score (nSPS) is 19.1. The lowest BCUT2D eigenvalue weighted by atomic mass is 10.2. The fourth-order valence-electron chi connectivity index (χ4n) is 2.17. The Morgan fingerprint density at radius 3 is 2.70 bits per heavy atom.